The summed E-state index contributed by atoms with van der Waals surface area (Å²) < 4.78 is 18.6. The van der Waals surface area contributed by atoms with E-state index in [1.807, 2.05) is 35.4 Å². The molecule has 4 nitrogen and oxygen atoms in total. The van der Waals surface area contributed by atoms with Crippen molar-refractivity contribution in [3.63, 3.8) is 0 Å². The lowest BCUT2D eigenvalue weighted by atomic mass is 9.92. The molecular weight excluding hydrogens is 379 g/mol. The Hall–Kier alpha value is -3.21. The maximum atomic E-state index is 13.4. The molecule has 0 bridgehead atoms. The number of likely N-dealkylation sites (tertiary alicyclic amines) is 1. The zero-order valence-corrected chi connectivity index (χ0v) is 17.1. The molecule has 0 saturated carbocycles. The monoisotopic (exact) mass is 404 g/mol. The fourth-order valence-corrected chi connectivity index (χ4v) is 3.98. The highest BCUT2D eigenvalue weighted by molar-refractivity contribution is 5.94. The molecule has 2 aromatic carbocycles. The minimum absolute atomic E-state index is 0.0470. The van der Waals surface area contributed by atoms with Gasteiger partial charge in [-0.3, -0.25) is 9.78 Å². The molecular formula is C25H25FN2O2. The summed E-state index contributed by atoms with van der Waals surface area (Å²) in [6.07, 6.45) is 4.34. The van der Waals surface area contributed by atoms with E-state index in [1.165, 1.54) is 6.07 Å². The van der Waals surface area contributed by atoms with E-state index in [-0.39, 0.29) is 11.7 Å². The fourth-order valence-electron chi connectivity index (χ4n) is 3.98. The van der Waals surface area contributed by atoms with E-state index in [9.17, 15) is 9.18 Å². The summed E-state index contributed by atoms with van der Waals surface area (Å²) in [5.74, 6) is 0.874. The van der Waals surface area contributed by atoms with Crippen LogP contribution in [0.25, 0.3) is 0 Å². The first-order chi connectivity index (χ1) is 14.6. The molecule has 0 aliphatic carbocycles. The Kier molecular flexibility index (Phi) is 6.07. The van der Waals surface area contributed by atoms with Crippen LogP contribution < -0.4 is 4.74 Å². The number of hydrogen-bond acceptors (Lipinski definition) is 3. The standard InChI is InChI=1S/C25H25FN2O2/c1-30-23-7-3-5-21(16-23)25(29)28-12-10-20(11-13-28)24-9-8-19(17-27-24)14-18-4-2-6-22(26)15-18/h2-9,15-17,20H,10-14H2,1H3. The first-order valence-electron chi connectivity index (χ1n) is 10.2. The molecule has 1 fully saturated rings. The van der Waals surface area contributed by atoms with Crippen LogP contribution >= 0.6 is 0 Å². The van der Waals surface area contributed by atoms with E-state index in [2.05, 4.69) is 17.1 Å². The Morgan fingerprint density at radius 3 is 2.57 bits per heavy atom. The average Bonchev–Trinajstić information content (AvgIpc) is 2.79. The Morgan fingerprint density at radius 1 is 1.07 bits per heavy atom. The third-order valence-electron chi connectivity index (χ3n) is 5.66. The quantitative estimate of drug-likeness (QED) is 0.611. The van der Waals surface area contributed by atoms with E-state index in [0.717, 1.165) is 29.7 Å². The predicted octanol–water partition coefficient (Wildman–Crippen LogP) is 4.84. The van der Waals surface area contributed by atoms with Crippen molar-refractivity contribution < 1.29 is 13.9 Å². The molecule has 0 N–H and O–H groups in total. The number of halogens is 1. The number of ether oxygens (including phenoxy) is 1. The molecule has 30 heavy (non-hydrogen) atoms. The molecule has 154 valence electrons. The van der Waals surface area contributed by atoms with Gasteiger partial charge in [-0.25, -0.2) is 4.39 Å². The van der Waals surface area contributed by atoms with Crippen LogP contribution in [0.1, 0.15) is 45.9 Å². The number of methoxy groups -OCH3 is 1. The second-order valence-corrected chi connectivity index (χ2v) is 7.70. The molecule has 1 aromatic heterocycles. The highest BCUT2D eigenvalue weighted by Crippen LogP contribution is 2.28. The Bertz CT molecular complexity index is 1010. The zero-order chi connectivity index (χ0) is 20.9. The maximum absolute atomic E-state index is 13.4. The molecule has 3 aromatic rings. The van der Waals surface area contributed by atoms with Crippen LogP contribution in [0.15, 0.2) is 66.9 Å². The molecule has 1 saturated heterocycles. The summed E-state index contributed by atoms with van der Waals surface area (Å²) >= 11 is 0. The predicted molar refractivity (Wildman–Crippen MR) is 114 cm³/mol. The summed E-state index contributed by atoms with van der Waals surface area (Å²) in [5.41, 5.74) is 3.72. The second kappa shape index (κ2) is 9.08. The van der Waals surface area contributed by atoms with Crippen LogP contribution in [0.2, 0.25) is 0 Å². The van der Waals surface area contributed by atoms with Crippen molar-refractivity contribution in [1.82, 2.24) is 9.88 Å². The van der Waals surface area contributed by atoms with E-state index < -0.39 is 0 Å². The number of aromatic nitrogens is 1. The molecule has 1 amide bonds. The van der Waals surface area contributed by atoms with Gasteiger partial charge in [-0.05, 0) is 66.8 Å². The molecule has 1 aliphatic heterocycles. The van der Waals surface area contributed by atoms with E-state index in [1.54, 1.807) is 25.3 Å². The molecule has 4 rings (SSSR count). The molecule has 0 spiro atoms. The van der Waals surface area contributed by atoms with Gasteiger partial charge in [-0.15, -0.1) is 0 Å². The van der Waals surface area contributed by atoms with Gasteiger partial charge < -0.3 is 9.64 Å². The summed E-state index contributed by atoms with van der Waals surface area (Å²) in [5, 5.41) is 0. The van der Waals surface area contributed by atoms with Gasteiger partial charge in [0, 0.05) is 36.5 Å². The number of piperidine rings is 1. The van der Waals surface area contributed by atoms with Crippen molar-refractivity contribution in [2.75, 3.05) is 20.2 Å². The Labute approximate surface area is 176 Å². The summed E-state index contributed by atoms with van der Waals surface area (Å²) in [4.78, 5) is 19.3. The number of rotatable bonds is 5. The summed E-state index contributed by atoms with van der Waals surface area (Å²) in [6.45, 7) is 1.43. The lowest BCUT2D eigenvalue weighted by Gasteiger charge is -2.32. The molecule has 0 radical (unpaired) electrons. The zero-order valence-electron chi connectivity index (χ0n) is 17.1. The van der Waals surface area contributed by atoms with Gasteiger partial charge >= 0.3 is 0 Å². The summed E-state index contributed by atoms with van der Waals surface area (Å²) in [7, 11) is 1.60. The van der Waals surface area contributed by atoms with Crippen molar-refractivity contribution >= 4 is 5.91 Å². The van der Waals surface area contributed by atoms with Crippen LogP contribution in [0.3, 0.4) is 0 Å². The average molecular weight is 404 g/mol. The van der Waals surface area contributed by atoms with Crippen LogP contribution in [0.5, 0.6) is 5.75 Å². The van der Waals surface area contributed by atoms with Gasteiger partial charge in [0.2, 0.25) is 0 Å². The molecule has 0 atom stereocenters. The van der Waals surface area contributed by atoms with Crippen LogP contribution in [-0.4, -0.2) is 36.0 Å². The van der Waals surface area contributed by atoms with E-state index in [4.69, 9.17) is 4.74 Å². The van der Waals surface area contributed by atoms with Crippen molar-refractivity contribution in [3.8, 4) is 5.75 Å². The SMILES string of the molecule is COc1cccc(C(=O)N2CCC(c3ccc(Cc4cccc(F)c4)cn3)CC2)c1. The minimum Gasteiger partial charge on any atom is -0.497 e. The number of carbonyl (C=O) groups excluding carboxylic acids is 1. The van der Waals surface area contributed by atoms with Gasteiger partial charge in [0.25, 0.3) is 5.91 Å². The smallest absolute Gasteiger partial charge is 0.253 e. The van der Waals surface area contributed by atoms with Crippen molar-refractivity contribution in [3.05, 3.63) is 95.1 Å². The lowest BCUT2D eigenvalue weighted by Crippen LogP contribution is -2.38. The van der Waals surface area contributed by atoms with Gasteiger partial charge in [-0.1, -0.05) is 24.3 Å². The number of pyridine rings is 1. The normalized spacial score (nSPS) is 14.5. The fraction of sp³-hybridized carbons (Fsp3) is 0.280. The Balaban J connectivity index is 1.35. The third kappa shape index (κ3) is 4.67. The third-order valence-corrected chi connectivity index (χ3v) is 5.66. The topological polar surface area (TPSA) is 42.4 Å². The molecule has 0 unspecified atom stereocenters. The number of nitrogens with zero attached hydrogens (tertiary/aromatic N) is 2. The second-order valence-electron chi connectivity index (χ2n) is 7.70. The molecule has 2 heterocycles. The van der Waals surface area contributed by atoms with E-state index >= 15 is 0 Å². The van der Waals surface area contributed by atoms with Gasteiger partial charge in [-0.2, -0.15) is 0 Å². The number of carbonyl (C=O) groups is 1. The van der Waals surface area contributed by atoms with Gasteiger partial charge in [0.05, 0.1) is 7.11 Å². The van der Waals surface area contributed by atoms with Crippen molar-refractivity contribution in [2.45, 2.75) is 25.2 Å². The first-order valence-corrected chi connectivity index (χ1v) is 10.2. The van der Waals surface area contributed by atoms with Crippen LogP contribution in [0, 0.1) is 5.82 Å². The minimum atomic E-state index is -0.215. The number of hydrogen-bond donors (Lipinski definition) is 0. The van der Waals surface area contributed by atoms with Crippen molar-refractivity contribution in [1.29, 1.82) is 0 Å². The van der Waals surface area contributed by atoms with Gasteiger partial charge in [0.1, 0.15) is 11.6 Å². The number of amides is 1. The summed E-state index contributed by atoms with van der Waals surface area (Å²) in [6, 6.07) is 18.1. The highest BCUT2D eigenvalue weighted by Gasteiger charge is 2.25. The molecule has 1 aliphatic rings. The maximum Gasteiger partial charge on any atom is 0.253 e. The number of benzene rings is 2. The Morgan fingerprint density at radius 2 is 1.87 bits per heavy atom. The van der Waals surface area contributed by atoms with Crippen molar-refractivity contribution in [2.24, 2.45) is 0 Å². The van der Waals surface area contributed by atoms with E-state index in [0.29, 0.717) is 36.7 Å². The van der Waals surface area contributed by atoms with Gasteiger partial charge in [0.15, 0.2) is 0 Å². The van der Waals surface area contributed by atoms with Crippen LogP contribution in [0.4, 0.5) is 4.39 Å². The highest BCUT2D eigenvalue weighted by atomic mass is 19.1. The van der Waals surface area contributed by atoms with Crippen LogP contribution in [-0.2, 0) is 6.42 Å². The first kappa shape index (κ1) is 20.1. The lowest BCUT2D eigenvalue weighted by molar-refractivity contribution is 0.0711. The molecule has 5 heteroatoms. The largest absolute Gasteiger partial charge is 0.497 e.